The van der Waals surface area contributed by atoms with Gasteiger partial charge in [-0.05, 0) is 25.5 Å². The van der Waals surface area contributed by atoms with E-state index in [0.29, 0.717) is 6.42 Å². The van der Waals surface area contributed by atoms with Crippen molar-refractivity contribution >= 4 is 17.5 Å². The first-order valence-electron chi connectivity index (χ1n) is 6.02. The lowest BCUT2D eigenvalue weighted by Gasteiger charge is -2.12. The predicted molar refractivity (Wildman–Crippen MR) is 68.1 cm³/mol. The summed E-state index contributed by atoms with van der Waals surface area (Å²) in [5.74, 6) is 1.85. The van der Waals surface area contributed by atoms with E-state index in [1.54, 1.807) is 0 Å². The van der Waals surface area contributed by atoms with Crippen LogP contribution < -0.4 is 16.0 Å². The molecule has 0 saturated carbocycles. The van der Waals surface area contributed by atoms with Gasteiger partial charge in [0, 0.05) is 25.6 Å². The molecule has 1 saturated heterocycles. The van der Waals surface area contributed by atoms with Gasteiger partial charge in [-0.3, -0.25) is 4.79 Å². The monoisotopic (exact) mass is 234 g/mol. The number of nitrogens with one attached hydrogen (secondary N) is 3. The maximum atomic E-state index is 11.0. The van der Waals surface area contributed by atoms with Crippen molar-refractivity contribution in [1.82, 2.24) is 10.3 Å². The molecular formula is C12H18N4O. The van der Waals surface area contributed by atoms with E-state index in [1.165, 1.54) is 0 Å². The van der Waals surface area contributed by atoms with Crippen molar-refractivity contribution in [3.63, 3.8) is 0 Å². The van der Waals surface area contributed by atoms with Gasteiger partial charge < -0.3 is 16.0 Å². The number of anilines is 2. The van der Waals surface area contributed by atoms with Gasteiger partial charge in [-0.15, -0.1) is 0 Å². The molecule has 5 nitrogen and oxygen atoms in total. The van der Waals surface area contributed by atoms with E-state index in [4.69, 9.17) is 0 Å². The molecule has 1 atom stereocenters. The highest BCUT2D eigenvalue weighted by molar-refractivity contribution is 5.78. The molecule has 0 bridgehead atoms. The fourth-order valence-corrected chi connectivity index (χ4v) is 1.87. The Labute approximate surface area is 101 Å². The minimum atomic E-state index is 0.145. The van der Waals surface area contributed by atoms with Gasteiger partial charge >= 0.3 is 0 Å². The van der Waals surface area contributed by atoms with Crippen LogP contribution >= 0.6 is 0 Å². The second-order valence-corrected chi connectivity index (χ2v) is 4.12. The van der Waals surface area contributed by atoms with Crippen molar-refractivity contribution in [2.75, 3.05) is 23.7 Å². The highest BCUT2D eigenvalue weighted by Gasteiger charge is 2.20. The summed E-state index contributed by atoms with van der Waals surface area (Å²) in [5, 5.41) is 9.32. The molecule has 1 amide bonds. The zero-order chi connectivity index (χ0) is 12.1. The highest BCUT2D eigenvalue weighted by atomic mass is 16.1. The van der Waals surface area contributed by atoms with E-state index >= 15 is 0 Å². The Morgan fingerprint density at radius 2 is 2.18 bits per heavy atom. The van der Waals surface area contributed by atoms with Crippen molar-refractivity contribution in [3.05, 3.63) is 18.2 Å². The summed E-state index contributed by atoms with van der Waals surface area (Å²) < 4.78 is 0. The number of hydrogen-bond acceptors (Lipinski definition) is 4. The summed E-state index contributed by atoms with van der Waals surface area (Å²) in [5.41, 5.74) is 0. The van der Waals surface area contributed by atoms with Gasteiger partial charge in [0.05, 0.1) is 0 Å². The molecule has 1 aliphatic heterocycles. The summed E-state index contributed by atoms with van der Waals surface area (Å²) in [4.78, 5) is 15.4. The molecule has 0 radical (unpaired) electrons. The third-order valence-electron chi connectivity index (χ3n) is 2.72. The molecule has 3 N–H and O–H groups in total. The van der Waals surface area contributed by atoms with Crippen LogP contribution in [0.4, 0.5) is 11.6 Å². The number of amides is 1. The molecule has 1 aliphatic rings. The fourth-order valence-electron chi connectivity index (χ4n) is 1.87. The lowest BCUT2D eigenvalue weighted by molar-refractivity contribution is -0.119. The van der Waals surface area contributed by atoms with Crippen LogP contribution in [0.25, 0.3) is 0 Å². The van der Waals surface area contributed by atoms with E-state index in [9.17, 15) is 4.79 Å². The normalized spacial score (nSPS) is 18.9. The maximum Gasteiger partial charge on any atom is 0.220 e. The fraction of sp³-hybridized carbons (Fsp3) is 0.500. The average molecular weight is 234 g/mol. The Kier molecular flexibility index (Phi) is 3.80. The predicted octanol–water partition coefficient (Wildman–Crippen LogP) is 1.20. The number of carbonyl (C=O) groups is 1. The molecule has 0 spiro atoms. The van der Waals surface area contributed by atoms with Crippen LogP contribution in [0, 0.1) is 0 Å². The molecule has 5 heteroatoms. The zero-order valence-corrected chi connectivity index (χ0v) is 9.99. The van der Waals surface area contributed by atoms with Crippen molar-refractivity contribution in [2.45, 2.75) is 25.8 Å². The standard InChI is InChI=1S/C12H18N4O/c1-2-13-10-4-3-5-11(16-10)14-8-9-6-7-12(17)15-9/h3-5,9H,2,6-8H2,1H3,(H,15,17)(H2,13,14,16). The van der Waals surface area contributed by atoms with Crippen molar-refractivity contribution < 1.29 is 4.79 Å². The minimum Gasteiger partial charge on any atom is -0.370 e. The van der Waals surface area contributed by atoms with Crippen molar-refractivity contribution in [2.24, 2.45) is 0 Å². The average Bonchev–Trinajstić information content (AvgIpc) is 2.74. The van der Waals surface area contributed by atoms with Crippen LogP contribution in [0.3, 0.4) is 0 Å². The number of carbonyl (C=O) groups excluding carboxylic acids is 1. The second kappa shape index (κ2) is 5.52. The number of nitrogens with zero attached hydrogens (tertiary/aromatic N) is 1. The molecule has 1 fully saturated rings. The van der Waals surface area contributed by atoms with Gasteiger partial charge in [0.1, 0.15) is 11.6 Å². The van der Waals surface area contributed by atoms with Gasteiger partial charge in [-0.25, -0.2) is 4.98 Å². The van der Waals surface area contributed by atoms with Gasteiger partial charge in [-0.1, -0.05) is 6.07 Å². The van der Waals surface area contributed by atoms with E-state index in [2.05, 4.69) is 20.9 Å². The molecule has 0 aromatic carbocycles. The summed E-state index contributed by atoms with van der Waals surface area (Å²) in [6.07, 6.45) is 1.54. The first-order chi connectivity index (χ1) is 8.28. The number of aromatic nitrogens is 1. The Hall–Kier alpha value is -1.78. The molecule has 1 unspecified atom stereocenters. The molecule has 92 valence electrons. The molecule has 1 aromatic rings. The van der Waals surface area contributed by atoms with Gasteiger partial charge in [-0.2, -0.15) is 0 Å². The molecule has 2 rings (SSSR count). The van der Waals surface area contributed by atoms with Gasteiger partial charge in [0.25, 0.3) is 0 Å². The third kappa shape index (κ3) is 3.34. The molecule has 2 heterocycles. The summed E-state index contributed by atoms with van der Waals surface area (Å²) in [6.45, 7) is 3.62. The quantitative estimate of drug-likeness (QED) is 0.716. The van der Waals surface area contributed by atoms with E-state index < -0.39 is 0 Å². The molecule has 0 aliphatic carbocycles. The van der Waals surface area contributed by atoms with Crippen molar-refractivity contribution in [3.8, 4) is 0 Å². The Morgan fingerprint density at radius 1 is 1.41 bits per heavy atom. The van der Waals surface area contributed by atoms with E-state index in [-0.39, 0.29) is 11.9 Å². The van der Waals surface area contributed by atoms with Crippen LogP contribution in [-0.4, -0.2) is 30.0 Å². The molecule has 17 heavy (non-hydrogen) atoms. The van der Waals surface area contributed by atoms with Gasteiger partial charge in [0.2, 0.25) is 5.91 Å². The lowest BCUT2D eigenvalue weighted by Crippen LogP contribution is -2.31. The second-order valence-electron chi connectivity index (χ2n) is 4.12. The number of rotatable bonds is 5. The highest BCUT2D eigenvalue weighted by Crippen LogP contribution is 2.11. The molecular weight excluding hydrogens is 216 g/mol. The summed E-state index contributed by atoms with van der Waals surface area (Å²) in [6, 6.07) is 6.05. The van der Waals surface area contributed by atoms with Gasteiger partial charge in [0.15, 0.2) is 0 Å². The first kappa shape index (κ1) is 11.7. The Balaban J connectivity index is 1.85. The zero-order valence-electron chi connectivity index (χ0n) is 9.99. The van der Waals surface area contributed by atoms with Crippen LogP contribution in [0.2, 0.25) is 0 Å². The Morgan fingerprint density at radius 3 is 2.82 bits per heavy atom. The SMILES string of the molecule is CCNc1cccc(NCC2CCC(=O)N2)n1. The smallest absolute Gasteiger partial charge is 0.220 e. The number of pyridine rings is 1. The number of hydrogen-bond donors (Lipinski definition) is 3. The largest absolute Gasteiger partial charge is 0.370 e. The van der Waals surface area contributed by atoms with Crippen LogP contribution in [0.5, 0.6) is 0 Å². The molecule has 1 aromatic heterocycles. The maximum absolute atomic E-state index is 11.0. The topological polar surface area (TPSA) is 66.0 Å². The van der Waals surface area contributed by atoms with Crippen molar-refractivity contribution in [1.29, 1.82) is 0 Å². The van der Waals surface area contributed by atoms with E-state index in [1.807, 2.05) is 25.1 Å². The van der Waals surface area contributed by atoms with Crippen LogP contribution in [-0.2, 0) is 4.79 Å². The van der Waals surface area contributed by atoms with Crippen LogP contribution in [0.15, 0.2) is 18.2 Å². The summed E-state index contributed by atoms with van der Waals surface area (Å²) >= 11 is 0. The van der Waals surface area contributed by atoms with Crippen LogP contribution in [0.1, 0.15) is 19.8 Å². The minimum absolute atomic E-state index is 0.145. The first-order valence-corrected chi connectivity index (χ1v) is 6.02. The Bertz CT molecular complexity index is 394. The lowest BCUT2D eigenvalue weighted by atomic mass is 10.2. The van der Waals surface area contributed by atoms with E-state index in [0.717, 1.165) is 31.1 Å². The summed E-state index contributed by atoms with van der Waals surface area (Å²) in [7, 11) is 0. The third-order valence-corrected chi connectivity index (χ3v) is 2.72.